The van der Waals surface area contributed by atoms with Crippen molar-refractivity contribution in [2.24, 2.45) is 5.41 Å². The van der Waals surface area contributed by atoms with Gasteiger partial charge < -0.3 is 10.2 Å². The van der Waals surface area contributed by atoms with Crippen LogP contribution in [0.4, 0.5) is 5.69 Å². The predicted octanol–water partition coefficient (Wildman–Crippen LogP) is 2.69. The Balaban J connectivity index is 2.06. The highest BCUT2D eigenvalue weighted by atomic mass is 32.2. The first-order valence-electron chi connectivity index (χ1n) is 9.53. The van der Waals surface area contributed by atoms with Crippen molar-refractivity contribution in [2.75, 3.05) is 25.5 Å². The third kappa shape index (κ3) is 5.78. The zero-order valence-corrected chi connectivity index (χ0v) is 18.2. The van der Waals surface area contributed by atoms with Gasteiger partial charge in [-0.3, -0.25) is 9.59 Å². The van der Waals surface area contributed by atoms with Crippen molar-refractivity contribution in [1.82, 2.24) is 9.21 Å². The highest BCUT2D eigenvalue weighted by Crippen LogP contribution is 2.30. The minimum atomic E-state index is -3.79. The number of nitrogens with zero attached hydrogens (tertiary/aromatic N) is 2. The van der Waals surface area contributed by atoms with Gasteiger partial charge in [-0.15, -0.1) is 0 Å². The van der Waals surface area contributed by atoms with E-state index in [9.17, 15) is 18.0 Å². The number of likely N-dealkylation sites (tertiary alicyclic amines) is 1. The molecule has 1 unspecified atom stereocenters. The maximum atomic E-state index is 12.8. The molecule has 1 aliphatic rings. The van der Waals surface area contributed by atoms with Crippen LogP contribution < -0.4 is 5.32 Å². The van der Waals surface area contributed by atoms with Gasteiger partial charge in [0.15, 0.2) is 0 Å². The SMILES string of the molecule is CC(=O)Nc1ccc(S(=O)(=O)N(C)CC(=O)N2CCCC2CC(C)(C)C)cc1. The normalized spacial score (nSPS) is 17.8. The minimum Gasteiger partial charge on any atom is -0.339 e. The van der Waals surface area contributed by atoms with E-state index in [0.29, 0.717) is 12.2 Å². The minimum absolute atomic E-state index is 0.0876. The smallest absolute Gasteiger partial charge is 0.243 e. The molecule has 0 radical (unpaired) electrons. The topological polar surface area (TPSA) is 86.8 Å². The Bertz CT molecular complexity index is 813. The fourth-order valence-electron chi connectivity index (χ4n) is 3.54. The number of carbonyl (C=O) groups excluding carboxylic acids is 2. The Labute approximate surface area is 168 Å². The lowest BCUT2D eigenvalue weighted by molar-refractivity contribution is -0.132. The molecule has 28 heavy (non-hydrogen) atoms. The monoisotopic (exact) mass is 409 g/mol. The second-order valence-electron chi connectivity index (χ2n) is 8.61. The Morgan fingerprint density at radius 1 is 1.21 bits per heavy atom. The van der Waals surface area contributed by atoms with Crippen LogP contribution in [0.3, 0.4) is 0 Å². The van der Waals surface area contributed by atoms with Gasteiger partial charge in [0.25, 0.3) is 0 Å². The molecule has 8 heteroatoms. The number of benzene rings is 1. The molecular formula is C20H31N3O4S. The Hall–Kier alpha value is -1.93. The summed E-state index contributed by atoms with van der Waals surface area (Å²) in [5.74, 6) is -0.388. The van der Waals surface area contributed by atoms with E-state index in [1.807, 2.05) is 4.90 Å². The lowest BCUT2D eigenvalue weighted by Crippen LogP contribution is -2.44. The van der Waals surface area contributed by atoms with Crippen molar-refractivity contribution in [3.63, 3.8) is 0 Å². The van der Waals surface area contributed by atoms with Gasteiger partial charge in [0, 0.05) is 32.2 Å². The third-order valence-corrected chi connectivity index (χ3v) is 6.60. The number of nitrogens with one attached hydrogen (secondary N) is 1. The number of anilines is 1. The molecule has 7 nitrogen and oxygen atoms in total. The molecular weight excluding hydrogens is 378 g/mol. The zero-order valence-electron chi connectivity index (χ0n) is 17.4. The summed E-state index contributed by atoms with van der Waals surface area (Å²) < 4.78 is 26.7. The van der Waals surface area contributed by atoms with Gasteiger partial charge in [0.05, 0.1) is 11.4 Å². The van der Waals surface area contributed by atoms with E-state index in [2.05, 4.69) is 26.1 Å². The molecule has 1 aromatic rings. The summed E-state index contributed by atoms with van der Waals surface area (Å²) >= 11 is 0. The molecule has 1 aromatic carbocycles. The molecule has 1 saturated heterocycles. The largest absolute Gasteiger partial charge is 0.339 e. The second-order valence-corrected chi connectivity index (χ2v) is 10.7. The third-order valence-electron chi connectivity index (χ3n) is 4.79. The van der Waals surface area contributed by atoms with Crippen LogP contribution in [-0.4, -0.2) is 55.6 Å². The van der Waals surface area contributed by atoms with E-state index < -0.39 is 10.0 Å². The molecule has 0 spiro atoms. The van der Waals surface area contributed by atoms with Crippen LogP contribution in [0.2, 0.25) is 0 Å². The van der Waals surface area contributed by atoms with Gasteiger partial charge in [0.2, 0.25) is 21.8 Å². The molecule has 2 amide bonds. The number of hydrogen-bond acceptors (Lipinski definition) is 4. The number of hydrogen-bond donors (Lipinski definition) is 1. The fourth-order valence-corrected chi connectivity index (χ4v) is 4.66. The van der Waals surface area contributed by atoms with Crippen molar-refractivity contribution in [3.8, 4) is 0 Å². The van der Waals surface area contributed by atoms with Gasteiger partial charge >= 0.3 is 0 Å². The molecule has 1 fully saturated rings. The standard InChI is InChI=1S/C20H31N3O4S/c1-15(24)21-16-8-10-18(11-9-16)28(26,27)22(5)14-19(25)23-12-6-7-17(23)13-20(2,3)4/h8-11,17H,6-7,12-14H2,1-5H3,(H,21,24). The number of rotatable bonds is 6. The maximum absolute atomic E-state index is 12.8. The number of likely N-dealkylation sites (N-methyl/N-ethyl adjacent to an activating group) is 1. The lowest BCUT2D eigenvalue weighted by atomic mass is 9.87. The lowest BCUT2D eigenvalue weighted by Gasteiger charge is -2.31. The number of carbonyl (C=O) groups is 2. The molecule has 0 saturated carbocycles. The molecule has 1 atom stereocenters. The first-order valence-corrected chi connectivity index (χ1v) is 11.0. The highest BCUT2D eigenvalue weighted by molar-refractivity contribution is 7.89. The number of amides is 2. The molecule has 0 aliphatic carbocycles. The summed E-state index contributed by atoms with van der Waals surface area (Å²) in [5, 5.41) is 2.60. The van der Waals surface area contributed by atoms with Gasteiger partial charge in [-0.05, 0) is 48.9 Å². The van der Waals surface area contributed by atoms with E-state index in [1.165, 1.54) is 38.2 Å². The van der Waals surface area contributed by atoms with E-state index in [1.54, 1.807) is 0 Å². The molecule has 1 heterocycles. The van der Waals surface area contributed by atoms with Gasteiger partial charge in [-0.1, -0.05) is 20.8 Å². The van der Waals surface area contributed by atoms with Crippen LogP contribution in [0, 0.1) is 5.41 Å². The van der Waals surface area contributed by atoms with Crippen LogP contribution in [-0.2, 0) is 19.6 Å². The van der Waals surface area contributed by atoms with Crippen molar-refractivity contribution in [1.29, 1.82) is 0 Å². The number of sulfonamides is 1. The van der Waals surface area contributed by atoms with Gasteiger partial charge in [-0.25, -0.2) is 8.42 Å². The summed E-state index contributed by atoms with van der Waals surface area (Å²) in [6.07, 6.45) is 2.82. The van der Waals surface area contributed by atoms with Crippen LogP contribution in [0.1, 0.15) is 47.0 Å². The summed E-state index contributed by atoms with van der Waals surface area (Å²) in [7, 11) is -2.37. The van der Waals surface area contributed by atoms with Crippen molar-refractivity contribution < 1.29 is 18.0 Å². The summed E-state index contributed by atoms with van der Waals surface area (Å²) in [6.45, 7) is 8.32. The average molecular weight is 410 g/mol. The second kappa shape index (κ2) is 8.61. The molecule has 0 aromatic heterocycles. The predicted molar refractivity (Wildman–Crippen MR) is 109 cm³/mol. The Morgan fingerprint density at radius 2 is 1.82 bits per heavy atom. The van der Waals surface area contributed by atoms with Crippen LogP contribution in [0.25, 0.3) is 0 Å². The highest BCUT2D eigenvalue weighted by Gasteiger charge is 2.33. The molecule has 1 aliphatic heterocycles. The van der Waals surface area contributed by atoms with Crippen molar-refractivity contribution >= 4 is 27.5 Å². The van der Waals surface area contributed by atoms with Gasteiger partial charge in [0.1, 0.15) is 0 Å². The zero-order chi connectivity index (χ0) is 21.1. The van der Waals surface area contributed by atoms with E-state index >= 15 is 0 Å². The van der Waals surface area contributed by atoms with Crippen LogP contribution >= 0.6 is 0 Å². The first kappa shape index (κ1) is 22.4. The summed E-state index contributed by atoms with van der Waals surface area (Å²) in [4.78, 5) is 25.8. The molecule has 156 valence electrons. The quantitative estimate of drug-likeness (QED) is 0.783. The van der Waals surface area contributed by atoms with E-state index in [-0.39, 0.29) is 34.7 Å². The maximum Gasteiger partial charge on any atom is 0.243 e. The molecule has 0 bridgehead atoms. The van der Waals surface area contributed by atoms with E-state index in [4.69, 9.17) is 0 Å². The summed E-state index contributed by atoms with van der Waals surface area (Å²) in [5.41, 5.74) is 0.633. The fraction of sp³-hybridized carbons (Fsp3) is 0.600. The average Bonchev–Trinajstić information content (AvgIpc) is 3.00. The molecule has 1 N–H and O–H groups in total. The van der Waals surface area contributed by atoms with Crippen LogP contribution in [0.5, 0.6) is 0 Å². The molecule has 2 rings (SSSR count). The van der Waals surface area contributed by atoms with Crippen molar-refractivity contribution in [3.05, 3.63) is 24.3 Å². The first-order chi connectivity index (χ1) is 12.9. The van der Waals surface area contributed by atoms with Gasteiger partial charge in [-0.2, -0.15) is 4.31 Å². The Kier molecular flexibility index (Phi) is 6.88. The van der Waals surface area contributed by atoms with Crippen molar-refractivity contribution in [2.45, 2.75) is 57.9 Å². The van der Waals surface area contributed by atoms with Crippen LogP contribution in [0.15, 0.2) is 29.2 Å². The van der Waals surface area contributed by atoms with E-state index in [0.717, 1.165) is 23.6 Å². The Morgan fingerprint density at radius 3 is 2.36 bits per heavy atom. The summed E-state index contributed by atoms with van der Waals surface area (Å²) in [6, 6.07) is 6.09.